The highest BCUT2D eigenvalue weighted by molar-refractivity contribution is 5.95. The van der Waals surface area contributed by atoms with E-state index in [0.29, 0.717) is 18.4 Å². The van der Waals surface area contributed by atoms with E-state index in [0.717, 1.165) is 5.56 Å². The Bertz CT molecular complexity index is 1470. The average Bonchev–Trinajstić information content (AvgIpc) is 3.43. The predicted octanol–water partition coefficient (Wildman–Crippen LogP) is 4.28. The monoisotopic (exact) mass is 626 g/mol. The van der Waals surface area contributed by atoms with Crippen LogP contribution in [-0.4, -0.2) is 60.7 Å². The lowest BCUT2D eigenvalue weighted by Gasteiger charge is -2.65. The minimum Gasteiger partial charge on any atom is -0.472 e. The fourth-order valence-corrected chi connectivity index (χ4v) is 10.1. The molecule has 2 aliphatic heterocycles. The molecule has 244 valence electrons. The van der Waals surface area contributed by atoms with E-state index in [1.165, 1.54) is 14.0 Å². The normalized spacial score (nSPS) is 41.8. The number of esters is 4. The van der Waals surface area contributed by atoms with Crippen molar-refractivity contribution < 1.29 is 52.1 Å². The molecule has 5 aliphatic rings. The van der Waals surface area contributed by atoms with Crippen LogP contribution in [0, 0.1) is 39.9 Å². The molecule has 3 saturated carbocycles. The first kappa shape index (κ1) is 31.5. The minimum absolute atomic E-state index is 0.0788. The van der Waals surface area contributed by atoms with Crippen LogP contribution in [0.1, 0.15) is 79.4 Å². The molecule has 1 aromatic heterocycles. The number of allylic oxidation sites excluding steroid dienone is 1. The van der Waals surface area contributed by atoms with Crippen LogP contribution in [0.4, 0.5) is 0 Å². The minimum atomic E-state index is -1.46. The number of carbonyl (C=O) groups excluding carboxylic acids is 5. The summed E-state index contributed by atoms with van der Waals surface area (Å²) in [7, 11) is 1.20. The third-order valence-corrected chi connectivity index (χ3v) is 12.0. The lowest BCUT2D eigenvalue weighted by Crippen LogP contribution is -2.74. The Kier molecular flexibility index (Phi) is 7.19. The Morgan fingerprint density at radius 2 is 1.80 bits per heavy atom. The maximum Gasteiger partial charge on any atom is 0.347 e. The van der Waals surface area contributed by atoms with Crippen LogP contribution in [0.15, 0.2) is 34.7 Å². The summed E-state index contributed by atoms with van der Waals surface area (Å²) in [5.41, 5.74) is -2.75. The molecule has 2 bridgehead atoms. The lowest BCUT2D eigenvalue weighted by molar-refractivity contribution is -0.234. The highest BCUT2D eigenvalue weighted by Gasteiger charge is 2.87. The standard InChI is InChI=1S/C34H42O11/c1-9-16(2)29(38)44-27-22-25(37)33(7,24(31(27,4)5)23(30(39)40-8)42-17(3)35)19-10-12-32(6)20(34(19)28(22)45-34)14-21(36)43-26(32)18-11-13-41-15-18/h9,11,13,15,19-20,22-24,26-28H,10,12,14H2,1-8H3/b16-9+/t19-,20-,22+,23+,24-,26-,27+,28+,32+,33+,34+/m0/s1. The zero-order valence-corrected chi connectivity index (χ0v) is 27.0. The number of fused-ring (bicyclic) bond motifs is 5. The molecule has 1 spiro atoms. The van der Waals surface area contributed by atoms with Crippen LogP contribution in [0.5, 0.6) is 0 Å². The molecule has 45 heavy (non-hydrogen) atoms. The number of hydrogen-bond acceptors (Lipinski definition) is 11. The number of furan rings is 1. The maximum atomic E-state index is 14.9. The molecule has 5 fully saturated rings. The fraction of sp³-hybridized carbons (Fsp3) is 0.676. The Labute approximate surface area is 262 Å². The van der Waals surface area contributed by atoms with E-state index < -0.39 is 81.9 Å². The van der Waals surface area contributed by atoms with Gasteiger partial charge in [0, 0.05) is 52.1 Å². The highest BCUT2D eigenvalue weighted by Crippen LogP contribution is 2.77. The van der Waals surface area contributed by atoms with Gasteiger partial charge in [0.05, 0.1) is 32.0 Å². The number of rotatable bonds is 6. The molecule has 11 atom stereocenters. The molecule has 11 nitrogen and oxygen atoms in total. The lowest BCUT2D eigenvalue weighted by atomic mass is 9.37. The first-order valence-electron chi connectivity index (χ1n) is 15.6. The average molecular weight is 627 g/mol. The van der Waals surface area contributed by atoms with Crippen LogP contribution in [0.2, 0.25) is 0 Å². The second kappa shape index (κ2) is 10.3. The van der Waals surface area contributed by atoms with Gasteiger partial charge >= 0.3 is 23.9 Å². The smallest absolute Gasteiger partial charge is 0.347 e. The zero-order valence-electron chi connectivity index (χ0n) is 27.0. The Morgan fingerprint density at radius 1 is 1.09 bits per heavy atom. The van der Waals surface area contributed by atoms with E-state index in [4.69, 9.17) is 28.1 Å². The van der Waals surface area contributed by atoms with Crippen LogP contribution >= 0.6 is 0 Å². The van der Waals surface area contributed by atoms with E-state index in [-0.39, 0.29) is 24.1 Å². The first-order chi connectivity index (χ1) is 21.1. The van der Waals surface area contributed by atoms with Crippen molar-refractivity contribution in [3.63, 3.8) is 0 Å². The first-order valence-corrected chi connectivity index (χ1v) is 15.6. The number of methoxy groups -OCH3 is 1. The van der Waals surface area contributed by atoms with Gasteiger partial charge in [0.1, 0.15) is 29.7 Å². The number of ether oxygens (including phenoxy) is 5. The molecular formula is C34H42O11. The summed E-state index contributed by atoms with van der Waals surface area (Å²) in [6.45, 7) is 12.1. The Morgan fingerprint density at radius 3 is 2.40 bits per heavy atom. The molecule has 0 radical (unpaired) electrons. The van der Waals surface area contributed by atoms with Gasteiger partial charge in [-0.15, -0.1) is 0 Å². The summed E-state index contributed by atoms with van der Waals surface area (Å²) >= 11 is 0. The van der Waals surface area contributed by atoms with E-state index >= 15 is 0 Å². The Balaban J connectivity index is 1.54. The second-order valence-corrected chi connectivity index (χ2v) is 14.5. The SMILES string of the molecule is C/C=C(\C)C(=O)O[C@@H]1[C@H]2C(=O)[C@@](C)([C@@H]([C@@H](OC(C)=O)C(=O)OC)C1(C)C)[C@@H]1CC[C@@]3(C)[C@H](c4ccoc4)OC(=O)C[C@@H]3[C@]13O[C@H]23. The highest BCUT2D eigenvalue weighted by atomic mass is 16.6. The topological polar surface area (TPSA) is 148 Å². The Hall–Kier alpha value is -3.47. The van der Waals surface area contributed by atoms with Crippen molar-refractivity contribution in [3.8, 4) is 0 Å². The van der Waals surface area contributed by atoms with Gasteiger partial charge < -0.3 is 28.1 Å². The van der Waals surface area contributed by atoms with Crippen molar-refractivity contribution in [1.29, 1.82) is 0 Å². The van der Waals surface area contributed by atoms with E-state index in [1.807, 2.05) is 20.8 Å². The van der Waals surface area contributed by atoms with E-state index in [9.17, 15) is 24.0 Å². The number of epoxide rings is 1. The largest absolute Gasteiger partial charge is 0.472 e. The number of cyclic esters (lactones) is 1. The molecule has 3 aliphatic carbocycles. The predicted molar refractivity (Wildman–Crippen MR) is 155 cm³/mol. The van der Waals surface area contributed by atoms with Crippen molar-refractivity contribution in [3.05, 3.63) is 35.8 Å². The van der Waals surface area contributed by atoms with Crippen LogP contribution < -0.4 is 0 Å². The summed E-state index contributed by atoms with van der Waals surface area (Å²) in [5.74, 6) is -5.33. The summed E-state index contributed by atoms with van der Waals surface area (Å²) in [6.07, 6.45) is 2.24. The summed E-state index contributed by atoms with van der Waals surface area (Å²) in [4.78, 5) is 67.4. The quantitative estimate of drug-likeness (QED) is 0.193. The number of ketones is 1. The molecule has 2 saturated heterocycles. The van der Waals surface area contributed by atoms with Gasteiger partial charge in [0.2, 0.25) is 6.10 Å². The van der Waals surface area contributed by atoms with Gasteiger partial charge in [0.25, 0.3) is 0 Å². The number of Topliss-reactive ketones (excluding diaryl/α,β-unsaturated/α-hetero) is 1. The van der Waals surface area contributed by atoms with Gasteiger partial charge in [0.15, 0.2) is 0 Å². The van der Waals surface area contributed by atoms with Crippen LogP contribution in [0.25, 0.3) is 0 Å². The van der Waals surface area contributed by atoms with Gasteiger partial charge in [-0.25, -0.2) is 9.59 Å². The van der Waals surface area contributed by atoms with Crippen molar-refractivity contribution >= 4 is 29.7 Å². The third kappa shape index (κ3) is 4.14. The number of carbonyl (C=O) groups is 5. The van der Waals surface area contributed by atoms with Crippen molar-refractivity contribution in [2.24, 2.45) is 39.9 Å². The van der Waals surface area contributed by atoms with Crippen molar-refractivity contribution in [2.45, 2.75) is 97.7 Å². The van der Waals surface area contributed by atoms with Gasteiger partial charge in [-0.2, -0.15) is 0 Å². The molecule has 0 N–H and O–H groups in total. The van der Waals surface area contributed by atoms with Gasteiger partial charge in [-0.05, 0) is 32.8 Å². The molecule has 3 heterocycles. The third-order valence-electron chi connectivity index (χ3n) is 12.0. The van der Waals surface area contributed by atoms with E-state index in [2.05, 4.69) is 6.92 Å². The molecule has 6 rings (SSSR count). The van der Waals surface area contributed by atoms with Gasteiger partial charge in [-0.1, -0.05) is 33.8 Å². The van der Waals surface area contributed by atoms with Crippen molar-refractivity contribution in [2.75, 3.05) is 7.11 Å². The summed E-state index contributed by atoms with van der Waals surface area (Å²) in [6, 6.07) is 1.79. The summed E-state index contributed by atoms with van der Waals surface area (Å²) < 4.78 is 35.1. The summed E-state index contributed by atoms with van der Waals surface area (Å²) in [5, 5.41) is 0. The second-order valence-electron chi connectivity index (χ2n) is 14.5. The van der Waals surface area contributed by atoms with Crippen LogP contribution in [-0.2, 0) is 47.7 Å². The molecular weight excluding hydrogens is 584 g/mol. The molecule has 0 aromatic carbocycles. The van der Waals surface area contributed by atoms with E-state index in [1.54, 1.807) is 38.5 Å². The molecule has 1 aromatic rings. The van der Waals surface area contributed by atoms with Crippen LogP contribution in [0.3, 0.4) is 0 Å². The molecule has 0 amide bonds. The zero-order chi connectivity index (χ0) is 32.9. The fourth-order valence-electron chi connectivity index (χ4n) is 10.1. The maximum absolute atomic E-state index is 14.9. The number of hydrogen-bond donors (Lipinski definition) is 0. The van der Waals surface area contributed by atoms with Gasteiger partial charge in [-0.3, -0.25) is 14.4 Å². The molecule has 0 unspecified atom stereocenters. The molecule has 11 heteroatoms. The van der Waals surface area contributed by atoms with Crippen molar-refractivity contribution in [1.82, 2.24) is 0 Å².